The van der Waals surface area contributed by atoms with Crippen molar-refractivity contribution in [3.05, 3.63) is 0 Å². The number of Topliss-reactive ketones (excluding diaryl/α,β-unsaturated/α-hetero) is 1. The molecule has 48 heavy (non-hydrogen) atoms. The molecule has 1 atom stereocenters. The SMILES string of the molecule is CCCCCCCCCCCCCCCCCCCCCCCC[C@@H](C(=O)CCCCCCCCCCCCCCCCC)C(=O)OC. The van der Waals surface area contributed by atoms with Crippen molar-refractivity contribution < 1.29 is 14.3 Å². The lowest BCUT2D eigenvalue weighted by molar-refractivity contribution is -0.149. The van der Waals surface area contributed by atoms with Crippen LogP contribution in [0.15, 0.2) is 0 Å². The van der Waals surface area contributed by atoms with E-state index < -0.39 is 5.92 Å². The molecule has 0 aromatic heterocycles. The van der Waals surface area contributed by atoms with E-state index in [0.29, 0.717) is 12.8 Å². The second-order valence-corrected chi connectivity index (χ2v) is 15.5. The van der Waals surface area contributed by atoms with Crippen molar-refractivity contribution in [2.45, 2.75) is 264 Å². The zero-order chi connectivity index (χ0) is 35.0. The van der Waals surface area contributed by atoms with Crippen LogP contribution in [-0.4, -0.2) is 18.9 Å². The zero-order valence-electron chi connectivity index (χ0n) is 33.4. The van der Waals surface area contributed by atoms with Gasteiger partial charge in [-0.05, 0) is 12.8 Å². The monoisotopic (exact) mass is 677 g/mol. The molecule has 0 radical (unpaired) electrons. The summed E-state index contributed by atoms with van der Waals surface area (Å²) < 4.78 is 5.00. The fourth-order valence-electron chi connectivity index (χ4n) is 7.35. The van der Waals surface area contributed by atoms with Gasteiger partial charge in [0, 0.05) is 6.42 Å². The Morgan fingerprint density at radius 2 is 0.583 bits per heavy atom. The Morgan fingerprint density at radius 3 is 0.833 bits per heavy atom. The maximum absolute atomic E-state index is 12.8. The Labute approximate surface area is 302 Å². The molecule has 0 spiro atoms. The molecule has 0 aromatic rings. The summed E-state index contributed by atoms with van der Waals surface area (Å²) in [6.07, 6.45) is 51.3. The van der Waals surface area contributed by atoms with Gasteiger partial charge in [-0.15, -0.1) is 0 Å². The first-order valence-corrected chi connectivity index (χ1v) is 22.3. The van der Waals surface area contributed by atoms with Gasteiger partial charge >= 0.3 is 5.97 Å². The number of ether oxygens (including phenoxy) is 1. The average Bonchev–Trinajstić information content (AvgIpc) is 3.09. The summed E-state index contributed by atoms with van der Waals surface area (Å²) >= 11 is 0. The highest BCUT2D eigenvalue weighted by molar-refractivity contribution is 5.98. The van der Waals surface area contributed by atoms with Crippen molar-refractivity contribution in [1.29, 1.82) is 0 Å². The van der Waals surface area contributed by atoms with Crippen LogP contribution >= 0.6 is 0 Å². The molecule has 0 rings (SSSR count). The second kappa shape index (κ2) is 40.6. The van der Waals surface area contributed by atoms with Crippen LogP contribution in [0.5, 0.6) is 0 Å². The van der Waals surface area contributed by atoms with Crippen LogP contribution in [0.4, 0.5) is 0 Å². The largest absolute Gasteiger partial charge is 0.468 e. The van der Waals surface area contributed by atoms with E-state index in [9.17, 15) is 9.59 Å². The van der Waals surface area contributed by atoms with Crippen LogP contribution in [-0.2, 0) is 14.3 Å². The predicted octanol–water partition coefficient (Wildman–Crippen LogP) is 15.6. The third-order valence-electron chi connectivity index (χ3n) is 10.7. The van der Waals surface area contributed by atoms with Gasteiger partial charge in [-0.1, -0.05) is 245 Å². The number of hydrogen-bond acceptors (Lipinski definition) is 3. The molecular weight excluding hydrogens is 588 g/mol. The number of esters is 1. The number of methoxy groups -OCH3 is 1. The molecule has 0 aliphatic rings. The highest BCUT2D eigenvalue weighted by atomic mass is 16.5. The number of rotatable bonds is 41. The average molecular weight is 677 g/mol. The maximum Gasteiger partial charge on any atom is 0.316 e. The van der Waals surface area contributed by atoms with Crippen LogP contribution in [0.25, 0.3) is 0 Å². The van der Waals surface area contributed by atoms with Crippen LogP contribution in [0.2, 0.25) is 0 Å². The van der Waals surface area contributed by atoms with Gasteiger partial charge in [0.1, 0.15) is 11.7 Å². The molecule has 0 bridgehead atoms. The summed E-state index contributed by atoms with van der Waals surface area (Å²) in [7, 11) is 1.43. The van der Waals surface area contributed by atoms with Crippen molar-refractivity contribution in [2.24, 2.45) is 5.92 Å². The van der Waals surface area contributed by atoms with E-state index in [1.807, 2.05) is 0 Å². The van der Waals surface area contributed by atoms with Crippen LogP contribution in [0.1, 0.15) is 264 Å². The quantitative estimate of drug-likeness (QED) is 0.0368. The molecule has 0 N–H and O–H groups in total. The molecule has 286 valence electrons. The molecule has 3 heteroatoms. The van der Waals surface area contributed by atoms with Gasteiger partial charge in [0.05, 0.1) is 7.11 Å². The van der Waals surface area contributed by atoms with Gasteiger partial charge in [-0.3, -0.25) is 9.59 Å². The number of unbranched alkanes of at least 4 members (excludes halogenated alkanes) is 35. The number of carbonyl (C=O) groups is 2. The lowest BCUT2D eigenvalue weighted by Gasteiger charge is -2.13. The van der Waals surface area contributed by atoms with Crippen molar-refractivity contribution in [1.82, 2.24) is 0 Å². The summed E-state index contributed by atoms with van der Waals surface area (Å²) in [4.78, 5) is 25.1. The Morgan fingerprint density at radius 1 is 0.354 bits per heavy atom. The Kier molecular flexibility index (Phi) is 39.8. The summed E-state index contributed by atoms with van der Waals surface area (Å²) in [6, 6.07) is 0. The third-order valence-corrected chi connectivity index (χ3v) is 10.7. The Balaban J connectivity index is 3.55. The van der Waals surface area contributed by atoms with Gasteiger partial charge in [0.15, 0.2) is 0 Å². The number of carbonyl (C=O) groups excluding carboxylic acids is 2. The highest BCUT2D eigenvalue weighted by Crippen LogP contribution is 2.20. The fraction of sp³-hybridized carbons (Fsp3) is 0.956. The molecule has 0 fully saturated rings. The molecule has 0 aliphatic heterocycles. The Hall–Kier alpha value is -0.860. The topological polar surface area (TPSA) is 43.4 Å². The van der Waals surface area contributed by atoms with Crippen molar-refractivity contribution in [3.8, 4) is 0 Å². The first kappa shape index (κ1) is 47.1. The van der Waals surface area contributed by atoms with E-state index in [0.717, 1.165) is 25.7 Å². The van der Waals surface area contributed by atoms with Gasteiger partial charge in [0.25, 0.3) is 0 Å². The van der Waals surface area contributed by atoms with Crippen molar-refractivity contribution in [2.75, 3.05) is 7.11 Å². The fourth-order valence-corrected chi connectivity index (χ4v) is 7.35. The van der Waals surface area contributed by atoms with Crippen molar-refractivity contribution >= 4 is 11.8 Å². The summed E-state index contributed by atoms with van der Waals surface area (Å²) in [5.74, 6) is -0.740. The molecule has 0 saturated heterocycles. The van der Waals surface area contributed by atoms with Gasteiger partial charge in [0.2, 0.25) is 0 Å². The zero-order valence-corrected chi connectivity index (χ0v) is 33.4. The lowest BCUT2D eigenvalue weighted by atomic mass is 9.93. The first-order valence-electron chi connectivity index (χ1n) is 22.3. The van der Waals surface area contributed by atoms with Gasteiger partial charge in [-0.25, -0.2) is 0 Å². The lowest BCUT2D eigenvalue weighted by Crippen LogP contribution is -2.25. The minimum Gasteiger partial charge on any atom is -0.468 e. The molecule has 0 aliphatic carbocycles. The number of ketones is 1. The van der Waals surface area contributed by atoms with Crippen LogP contribution in [0.3, 0.4) is 0 Å². The summed E-state index contributed by atoms with van der Waals surface area (Å²) in [5, 5.41) is 0. The maximum atomic E-state index is 12.8. The van der Waals surface area contributed by atoms with Crippen LogP contribution in [0, 0.1) is 5.92 Å². The minimum atomic E-state index is -0.535. The molecule has 3 nitrogen and oxygen atoms in total. The van der Waals surface area contributed by atoms with E-state index in [4.69, 9.17) is 4.74 Å². The highest BCUT2D eigenvalue weighted by Gasteiger charge is 2.26. The normalized spacial score (nSPS) is 12.1. The smallest absolute Gasteiger partial charge is 0.316 e. The molecule has 0 aromatic carbocycles. The third kappa shape index (κ3) is 35.0. The van der Waals surface area contributed by atoms with Gasteiger partial charge < -0.3 is 4.74 Å². The van der Waals surface area contributed by atoms with E-state index in [1.165, 1.54) is 219 Å². The predicted molar refractivity (Wildman–Crippen MR) is 212 cm³/mol. The standard InChI is InChI=1S/C45H88O3/c1-4-6-8-10-12-14-16-18-20-21-22-23-24-25-26-28-29-31-33-35-37-39-41-43(45(47)48-3)44(46)42-40-38-36-34-32-30-27-19-17-15-13-11-9-7-5-2/h43H,4-42H2,1-3H3/t43-/m0/s1. The molecule has 0 saturated carbocycles. The number of hydrogen-bond donors (Lipinski definition) is 0. The molecule has 0 amide bonds. The van der Waals surface area contributed by atoms with Gasteiger partial charge in [-0.2, -0.15) is 0 Å². The Bertz CT molecular complexity index is 644. The molecule has 0 heterocycles. The summed E-state index contributed by atoms with van der Waals surface area (Å²) in [6.45, 7) is 4.58. The molecular formula is C45H88O3. The van der Waals surface area contributed by atoms with Crippen LogP contribution < -0.4 is 0 Å². The van der Waals surface area contributed by atoms with Crippen molar-refractivity contribution in [3.63, 3.8) is 0 Å². The van der Waals surface area contributed by atoms with E-state index in [-0.39, 0.29) is 11.8 Å². The molecule has 0 unspecified atom stereocenters. The van der Waals surface area contributed by atoms with E-state index in [1.54, 1.807) is 0 Å². The van der Waals surface area contributed by atoms with E-state index in [2.05, 4.69) is 13.8 Å². The summed E-state index contributed by atoms with van der Waals surface area (Å²) in [5.41, 5.74) is 0. The minimum absolute atomic E-state index is 0.111. The second-order valence-electron chi connectivity index (χ2n) is 15.5. The first-order chi connectivity index (χ1) is 23.7. The van der Waals surface area contributed by atoms with E-state index >= 15 is 0 Å².